The molecule has 1 heterocycles. The highest BCUT2D eigenvalue weighted by Crippen LogP contribution is 2.23. The summed E-state index contributed by atoms with van der Waals surface area (Å²) < 4.78 is 27.4. The Balaban J connectivity index is 1.44. The van der Waals surface area contributed by atoms with Gasteiger partial charge in [-0.3, -0.25) is 9.69 Å². The van der Waals surface area contributed by atoms with E-state index in [4.69, 9.17) is 0 Å². The third-order valence-electron chi connectivity index (χ3n) is 5.80. The van der Waals surface area contributed by atoms with Gasteiger partial charge in [0.15, 0.2) is 0 Å². The standard InChI is InChI=1S/C21H33N3O3S/c1-17-9-11-19(12-10-17)23-28(26,27)16-21(25)22-20-8-5-13-24(15-20)14-18-6-3-2-4-7-18/h2-4,6-7,17,19-20,23H,5,8-16H2,1H3,(H,22,25)/t17?,19?,20-/m1/s1. The zero-order valence-electron chi connectivity index (χ0n) is 16.8. The molecule has 1 atom stereocenters. The van der Waals surface area contributed by atoms with Crippen LogP contribution in [0, 0.1) is 5.92 Å². The molecule has 3 rings (SSSR count). The maximum absolute atomic E-state index is 12.4. The Morgan fingerprint density at radius 3 is 2.50 bits per heavy atom. The smallest absolute Gasteiger partial charge is 0.236 e. The van der Waals surface area contributed by atoms with Crippen LogP contribution in [0.3, 0.4) is 0 Å². The van der Waals surface area contributed by atoms with Gasteiger partial charge in [0, 0.05) is 25.2 Å². The molecule has 1 aromatic rings. The Kier molecular flexibility index (Phi) is 7.48. The van der Waals surface area contributed by atoms with Gasteiger partial charge in [-0.25, -0.2) is 13.1 Å². The van der Waals surface area contributed by atoms with Crippen LogP contribution < -0.4 is 10.0 Å². The summed E-state index contributed by atoms with van der Waals surface area (Å²) in [5.74, 6) is -0.216. The largest absolute Gasteiger partial charge is 0.351 e. The van der Waals surface area contributed by atoms with E-state index in [0.717, 1.165) is 58.2 Å². The molecule has 1 aliphatic heterocycles. The van der Waals surface area contributed by atoms with Gasteiger partial charge in [0.05, 0.1) is 0 Å². The second-order valence-electron chi connectivity index (χ2n) is 8.46. The normalized spacial score (nSPS) is 26.7. The van der Waals surface area contributed by atoms with Crippen LogP contribution in [0.15, 0.2) is 30.3 Å². The molecule has 1 saturated heterocycles. The van der Waals surface area contributed by atoms with Gasteiger partial charge in [0.25, 0.3) is 0 Å². The van der Waals surface area contributed by atoms with Crippen LogP contribution in [0.2, 0.25) is 0 Å². The molecule has 2 N–H and O–H groups in total. The summed E-state index contributed by atoms with van der Waals surface area (Å²) >= 11 is 0. The summed E-state index contributed by atoms with van der Waals surface area (Å²) in [4.78, 5) is 14.7. The van der Waals surface area contributed by atoms with E-state index in [0.29, 0.717) is 5.92 Å². The van der Waals surface area contributed by atoms with Crippen LogP contribution in [0.25, 0.3) is 0 Å². The number of hydrogen-bond donors (Lipinski definition) is 2. The van der Waals surface area contributed by atoms with E-state index in [1.54, 1.807) is 0 Å². The number of nitrogens with one attached hydrogen (secondary N) is 2. The number of benzene rings is 1. The summed E-state index contributed by atoms with van der Waals surface area (Å²) in [6.45, 7) is 4.81. The number of likely N-dealkylation sites (tertiary alicyclic amines) is 1. The highest BCUT2D eigenvalue weighted by Gasteiger charge is 2.27. The number of nitrogens with zero attached hydrogens (tertiary/aromatic N) is 1. The molecule has 156 valence electrons. The first kappa shape index (κ1) is 21.3. The molecule has 1 amide bonds. The van der Waals surface area contributed by atoms with Crippen molar-refractivity contribution in [1.29, 1.82) is 0 Å². The van der Waals surface area contributed by atoms with E-state index in [9.17, 15) is 13.2 Å². The van der Waals surface area contributed by atoms with Gasteiger partial charge < -0.3 is 5.32 Å². The summed E-state index contributed by atoms with van der Waals surface area (Å²) in [6.07, 6.45) is 5.70. The quantitative estimate of drug-likeness (QED) is 0.727. The van der Waals surface area contributed by atoms with Crippen molar-refractivity contribution in [1.82, 2.24) is 14.9 Å². The molecule has 1 aliphatic carbocycles. The average molecular weight is 408 g/mol. The van der Waals surface area contributed by atoms with Crippen molar-refractivity contribution < 1.29 is 13.2 Å². The summed E-state index contributed by atoms with van der Waals surface area (Å²) in [7, 11) is -3.59. The SMILES string of the molecule is CC1CCC(NS(=O)(=O)CC(=O)N[C@@H]2CCCN(Cc3ccccc3)C2)CC1. The number of sulfonamides is 1. The molecular formula is C21H33N3O3S. The molecule has 7 heteroatoms. The van der Waals surface area contributed by atoms with E-state index >= 15 is 0 Å². The van der Waals surface area contributed by atoms with E-state index < -0.39 is 21.7 Å². The Labute approximate surface area is 169 Å². The molecule has 0 unspecified atom stereocenters. The number of carbonyl (C=O) groups excluding carboxylic acids is 1. The Hall–Kier alpha value is -1.44. The monoisotopic (exact) mass is 407 g/mol. The van der Waals surface area contributed by atoms with Gasteiger partial charge in [0.1, 0.15) is 5.75 Å². The van der Waals surface area contributed by atoms with Crippen LogP contribution in [0.5, 0.6) is 0 Å². The minimum Gasteiger partial charge on any atom is -0.351 e. The van der Waals surface area contributed by atoms with E-state index in [1.165, 1.54) is 5.56 Å². The van der Waals surface area contributed by atoms with Crippen molar-refractivity contribution in [2.75, 3.05) is 18.8 Å². The molecule has 6 nitrogen and oxygen atoms in total. The Morgan fingerprint density at radius 1 is 1.07 bits per heavy atom. The van der Waals surface area contributed by atoms with Gasteiger partial charge in [0.2, 0.25) is 15.9 Å². The molecule has 1 saturated carbocycles. The third-order valence-corrected chi connectivity index (χ3v) is 7.14. The molecule has 0 bridgehead atoms. The highest BCUT2D eigenvalue weighted by molar-refractivity contribution is 7.90. The molecule has 0 radical (unpaired) electrons. The van der Waals surface area contributed by atoms with Gasteiger partial charge in [-0.05, 0) is 56.6 Å². The number of piperidine rings is 1. The van der Waals surface area contributed by atoms with Crippen molar-refractivity contribution in [2.45, 2.75) is 64.1 Å². The topological polar surface area (TPSA) is 78.5 Å². The zero-order valence-corrected chi connectivity index (χ0v) is 17.6. The molecule has 0 spiro atoms. The van der Waals surface area contributed by atoms with Crippen molar-refractivity contribution in [3.63, 3.8) is 0 Å². The third kappa shape index (κ3) is 6.87. The van der Waals surface area contributed by atoms with E-state index in [-0.39, 0.29) is 12.1 Å². The van der Waals surface area contributed by atoms with Crippen molar-refractivity contribution >= 4 is 15.9 Å². The van der Waals surface area contributed by atoms with Crippen LogP contribution in [-0.2, 0) is 21.4 Å². The lowest BCUT2D eigenvalue weighted by molar-refractivity contribution is -0.119. The first-order chi connectivity index (χ1) is 13.4. The number of rotatable bonds is 7. The number of carbonyl (C=O) groups is 1. The second-order valence-corrected chi connectivity index (χ2v) is 10.2. The van der Waals surface area contributed by atoms with Crippen LogP contribution in [0.1, 0.15) is 51.0 Å². The van der Waals surface area contributed by atoms with Gasteiger partial charge >= 0.3 is 0 Å². The summed E-state index contributed by atoms with van der Waals surface area (Å²) in [5.41, 5.74) is 1.25. The molecule has 2 aliphatic rings. The summed E-state index contributed by atoms with van der Waals surface area (Å²) in [6, 6.07) is 10.3. The lowest BCUT2D eigenvalue weighted by atomic mass is 9.88. The van der Waals surface area contributed by atoms with Gasteiger partial charge in [-0.15, -0.1) is 0 Å². The molecule has 28 heavy (non-hydrogen) atoms. The van der Waals surface area contributed by atoms with E-state index in [2.05, 4.69) is 34.0 Å². The second kappa shape index (κ2) is 9.85. The predicted molar refractivity (Wildman–Crippen MR) is 111 cm³/mol. The average Bonchev–Trinajstić information content (AvgIpc) is 2.64. The number of hydrogen-bond acceptors (Lipinski definition) is 4. The fraction of sp³-hybridized carbons (Fsp3) is 0.667. The minimum atomic E-state index is -3.59. The fourth-order valence-corrected chi connectivity index (χ4v) is 5.53. The van der Waals surface area contributed by atoms with Gasteiger partial charge in [-0.1, -0.05) is 37.3 Å². The molecule has 0 aromatic heterocycles. The van der Waals surface area contributed by atoms with Crippen LogP contribution in [0.4, 0.5) is 0 Å². The molecule has 1 aromatic carbocycles. The van der Waals surface area contributed by atoms with E-state index in [1.807, 2.05) is 18.2 Å². The Bertz CT molecular complexity index is 731. The first-order valence-electron chi connectivity index (χ1n) is 10.5. The zero-order chi connectivity index (χ0) is 20.0. The first-order valence-corrected chi connectivity index (χ1v) is 12.1. The highest BCUT2D eigenvalue weighted by atomic mass is 32.2. The molecule has 2 fully saturated rings. The maximum Gasteiger partial charge on any atom is 0.236 e. The predicted octanol–water partition coefficient (Wildman–Crippen LogP) is 2.27. The maximum atomic E-state index is 12.4. The van der Waals surface area contributed by atoms with Crippen molar-refractivity contribution in [2.24, 2.45) is 5.92 Å². The van der Waals surface area contributed by atoms with Crippen molar-refractivity contribution in [3.8, 4) is 0 Å². The Morgan fingerprint density at radius 2 is 1.79 bits per heavy atom. The van der Waals surface area contributed by atoms with Crippen LogP contribution in [-0.4, -0.2) is 50.2 Å². The van der Waals surface area contributed by atoms with Crippen molar-refractivity contribution in [3.05, 3.63) is 35.9 Å². The lowest BCUT2D eigenvalue weighted by Crippen LogP contribution is -2.50. The number of amides is 1. The van der Waals surface area contributed by atoms with Crippen LogP contribution >= 0.6 is 0 Å². The summed E-state index contributed by atoms with van der Waals surface area (Å²) in [5, 5.41) is 2.94. The van der Waals surface area contributed by atoms with Gasteiger partial charge in [-0.2, -0.15) is 0 Å². The minimum absolute atomic E-state index is 0.00990. The lowest BCUT2D eigenvalue weighted by Gasteiger charge is -2.33. The molecular weight excluding hydrogens is 374 g/mol. The fourth-order valence-electron chi connectivity index (χ4n) is 4.27.